The predicted octanol–water partition coefficient (Wildman–Crippen LogP) is 11.2. The highest BCUT2D eigenvalue weighted by molar-refractivity contribution is 5.76. The zero-order chi connectivity index (χ0) is 25.9. The van der Waals surface area contributed by atoms with Crippen molar-refractivity contribution in [3.8, 4) is 0 Å². The second-order valence-corrected chi connectivity index (χ2v) is 12.7. The van der Waals surface area contributed by atoms with Gasteiger partial charge in [0.15, 0.2) is 11.8 Å². The Morgan fingerprint density at radius 2 is 1.24 bits per heavy atom. The summed E-state index contributed by atoms with van der Waals surface area (Å²) in [5.41, 5.74) is -0.103. The molecule has 0 spiro atoms. The summed E-state index contributed by atoms with van der Waals surface area (Å²) in [6.07, 6.45) is 26.6. The molecule has 2 unspecified atom stereocenters. The van der Waals surface area contributed by atoms with Gasteiger partial charge in [0, 0.05) is 0 Å². The number of hydrogen-bond donors (Lipinski definition) is 0. The third-order valence-corrected chi connectivity index (χ3v) is 10.00. The quantitative estimate of drug-likeness (QED) is 0.231. The minimum atomic E-state index is -1.84. The first-order chi connectivity index (χ1) is 18.1. The van der Waals surface area contributed by atoms with Crippen molar-refractivity contribution in [1.29, 1.82) is 0 Å². The van der Waals surface area contributed by atoms with E-state index in [0.29, 0.717) is 12.3 Å². The molecule has 1 aromatic carbocycles. The lowest BCUT2D eigenvalue weighted by Crippen LogP contribution is -2.34. The number of hydrogen-bond acceptors (Lipinski definition) is 0. The Kier molecular flexibility index (Phi) is 11.3. The van der Waals surface area contributed by atoms with E-state index in [2.05, 4.69) is 6.92 Å². The number of benzene rings is 1. The SMILES string of the molecule is CCCCCCC[C@H]1CC[C@H](CC[C@H]2CC[C@H](CCC3(F)C=CC(c4ccccc4)=CC3F)CC2)CC1. The van der Waals surface area contributed by atoms with E-state index in [9.17, 15) is 4.39 Å². The van der Waals surface area contributed by atoms with Gasteiger partial charge in [0.25, 0.3) is 0 Å². The molecule has 0 nitrogen and oxygen atoms in total. The smallest absolute Gasteiger partial charge is 0.164 e. The highest BCUT2D eigenvalue weighted by Crippen LogP contribution is 2.41. The van der Waals surface area contributed by atoms with Crippen LogP contribution in [-0.4, -0.2) is 11.8 Å². The maximum absolute atomic E-state index is 15.5. The zero-order valence-corrected chi connectivity index (χ0v) is 23.5. The summed E-state index contributed by atoms with van der Waals surface area (Å²) < 4.78 is 30.3. The van der Waals surface area contributed by atoms with Gasteiger partial charge in [0.05, 0.1) is 0 Å². The highest BCUT2D eigenvalue weighted by Gasteiger charge is 2.39. The second kappa shape index (κ2) is 14.6. The van der Waals surface area contributed by atoms with Crippen molar-refractivity contribution < 1.29 is 8.78 Å². The molecule has 0 aliphatic heterocycles. The summed E-state index contributed by atoms with van der Waals surface area (Å²) in [4.78, 5) is 0. The van der Waals surface area contributed by atoms with Crippen LogP contribution in [0.5, 0.6) is 0 Å². The van der Waals surface area contributed by atoms with Crippen LogP contribution >= 0.6 is 0 Å². The molecular formula is C35H52F2. The molecule has 2 heteroatoms. The van der Waals surface area contributed by atoms with Gasteiger partial charge in [0.1, 0.15) is 0 Å². The van der Waals surface area contributed by atoms with Gasteiger partial charge in [-0.2, -0.15) is 0 Å². The highest BCUT2D eigenvalue weighted by atomic mass is 19.2. The molecule has 0 aromatic heterocycles. The first-order valence-electron chi connectivity index (χ1n) is 15.8. The lowest BCUT2D eigenvalue weighted by molar-refractivity contribution is 0.101. The Morgan fingerprint density at radius 1 is 0.703 bits per heavy atom. The third kappa shape index (κ3) is 8.79. The number of rotatable bonds is 13. The monoisotopic (exact) mass is 510 g/mol. The molecule has 3 aliphatic carbocycles. The topological polar surface area (TPSA) is 0 Å². The molecule has 37 heavy (non-hydrogen) atoms. The Hall–Kier alpha value is -1.44. The fraction of sp³-hybridized carbons (Fsp3) is 0.714. The van der Waals surface area contributed by atoms with Gasteiger partial charge in [-0.15, -0.1) is 0 Å². The van der Waals surface area contributed by atoms with Crippen LogP contribution < -0.4 is 0 Å². The molecule has 3 aliphatic rings. The summed E-state index contributed by atoms with van der Waals surface area (Å²) in [5, 5.41) is 0. The van der Waals surface area contributed by atoms with Crippen LogP contribution in [0.15, 0.2) is 48.6 Å². The Bertz CT molecular complexity index is 826. The summed E-state index contributed by atoms with van der Waals surface area (Å²) in [5.74, 6) is 3.41. The molecule has 0 N–H and O–H groups in total. The molecule has 4 rings (SSSR count). The predicted molar refractivity (Wildman–Crippen MR) is 155 cm³/mol. The molecule has 2 saturated carbocycles. The van der Waals surface area contributed by atoms with Gasteiger partial charge in [-0.05, 0) is 59.8 Å². The Labute approximate surface area is 226 Å². The molecule has 2 atom stereocenters. The van der Waals surface area contributed by atoms with Crippen molar-refractivity contribution in [1.82, 2.24) is 0 Å². The van der Waals surface area contributed by atoms with Crippen molar-refractivity contribution >= 4 is 5.57 Å². The molecule has 2 fully saturated rings. The Balaban J connectivity index is 1.08. The Morgan fingerprint density at radius 3 is 1.81 bits per heavy atom. The largest absolute Gasteiger partial charge is 0.239 e. The van der Waals surface area contributed by atoms with E-state index in [0.717, 1.165) is 35.3 Å². The van der Waals surface area contributed by atoms with Gasteiger partial charge in [-0.1, -0.05) is 146 Å². The minimum absolute atomic E-state index is 0.306. The second-order valence-electron chi connectivity index (χ2n) is 12.7. The van der Waals surface area contributed by atoms with Crippen molar-refractivity contribution in [3.63, 3.8) is 0 Å². The van der Waals surface area contributed by atoms with Gasteiger partial charge >= 0.3 is 0 Å². The minimum Gasteiger partial charge on any atom is -0.239 e. The third-order valence-electron chi connectivity index (χ3n) is 10.00. The summed E-state index contributed by atoms with van der Waals surface area (Å²) in [7, 11) is 0. The average molecular weight is 511 g/mol. The van der Waals surface area contributed by atoms with Gasteiger partial charge in [-0.25, -0.2) is 8.78 Å². The molecule has 0 bridgehead atoms. The van der Waals surface area contributed by atoms with E-state index in [4.69, 9.17) is 0 Å². The summed E-state index contributed by atoms with van der Waals surface area (Å²) >= 11 is 0. The van der Waals surface area contributed by atoms with Crippen LogP contribution in [0.3, 0.4) is 0 Å². The number of allylic oxidation sites excluding steroid dienone is 4. The van der Waals surface area contributed by atoms with Gasteiger partial charge in [-0.3, -0.25) is 0 Å². The molecule has 206 valence electrons. The van der Waals surface area contributed by atoms with E-state index in [1.807, 2.05) is 30.3 Å². The molecule has 0 radical (unpaired) electrons. The maximum Gasteiger partial charge on any atom is 0.164 e. The number of halogens is 2. The molecule has 0 saturated heterocycles. The van der Waals surface area contributed by atoms with E-state index in [1.54, 1.807) is 6.08 Å². The van der Waals surface area contributed by atoms with Crippen LogP contribution in [0.2, 0.25) is 0 Å². The molecular weight excluding hydrogens is 458 g/mol. The fourth-order valence-electron chi connectivity index (χ4n) is 7.27. The molecule has 0 amide bonds. The zero-order valence-electron chi connectivity index (χ0n) is 23.5. The first-order valence-corrected chi connectivity index (χ1v) is 15.8. The lowest BCUT2D eigenvalue weighted by Gasteiger charge is -2.33. The number of unbranched alkanes of at least 4 members (excludes halogenated alkanes) is 4. The van der Waals surface area contributed by atoms with E-state index >= 15 is 4.39 Å². The fourth-order valence-corrected chi connectivity index (χ4v) is 7.27. The summed E-state index contributed by atoms with van der Waals surface area (Å²) in [6, 6.07) is 9.72. The summed E-state index contributed by atoms with van der Waals surface area (Å²) in [6.45, 7) is 2.30. The van der Waals surface area contributed by atoms with Crippen LogP contribution in [0.25, 0.3) is 5.57 Å². The van der Waals surface area contributed by atoms with Crippen LogP contribution in [0.4, 0.5) is 8.78 Å². The van der Waals surface area contributed by atoms with Crippen molar-refractivity contribution in [2.24, 2.45) is 23.7 Å². The first kappa shape index (κ1) is 28.6. The average Bonchev–Trinajstić information content (AvgIpc) is 2.94. The molecule has 0 heterocycles. The van der Waals surface area contributed by atoms with Crippen LogP contribution in [0, 0.1) is 23.7 Å². The van der Waals surface area contributed by atoms with E-state index in [1.165, 1.54) is 115 Å². The molecule has 1 aromatic rings. The van der Waals surface area contributed by atoms with E-state index in [-0.39, 0.29) is 0 Å². The van der Waals surface area contributed by atoms with Crippen molar-refractivity contribution in [3.05, 3.63) is 54.1 Å². The van der Waals surface area contributed by atoms with Gasteiger partial charge < -0.3 is 0 Å². The van der Waals surface area contributed by atoms with Crippen molar-refractivity contribution in [2.75, 3.05) is 0 Å². The number of alkyl halides is 2. The van der Waals surface area contributed by atoms with Gasteiger partial charge in [0.2, 0.25) is 0 Å². The van der Waals surface area contributed by atoms with Crippen molar-refractivity contribution in [2.45, 2.75) is 134 Å². The lowest BCUT2D eigenvalue weighted by atomic mass is 9.73. The van der Waals surface area contributed by atoms with Crippen LogP contribution in [0.1, 0.15) is 128 Å². The normalized spacial score (nSPS) is 32.3. The maximum atomic E-state index is 15.5. The standard InChI is InChI=1S/C35H52F2/c1-2-3-4-5-7-10-28-13-15-29(16-14-28)17-18-30-19-21-31(22-20-30)23-25-35(37)26-24-33(27-34(35)36)32-11-8-6-9-12-32/h6,8-9,11-12,24,26-31,34H,2-5,7,10,13-23,25H2,1H3/t28-,29-,30-,31-,34?,35?. The van der Waals surface area contributed by atoms with Crippen LogP contribution in [-0.2, 0) is 0 Å². The van der Waals surface area contributed by atoms with E-state index < -0.39 is 11.8 Å².